The Morgan fingerprint density at radius 3 is 2.30 bits per heavy atom. The third-order valence-electron chi connectivity index (χ3n) is 7.67. The van der Waals surface area contributed by atoms with Crippen molar-refractivity contribution >= 4 is 34.3 Å². The molecule has 1 atom stereocenters. The second-order valence-corrected chi connectivity index (χ2v) is 10.6. The lowest BCUT2D eigenvalue weighted by Gasteiger charge is -2.25. The van der Waals surface area contributed by atoms with E-state index >= 15 is 4.39 Å². The van der Waals surface area contributed by atoms with Crippen LogP contribution in [0, 0.1) is 11.7 Å². The topological polar surface area (TPSA) is 104 Å². The second kappa shape index (κ2) is 10.6. The summed E-state index contributed by atoms with van der Waals surface area (Å²) in [6.45, 7) is 1.10. The molecule has 3 saturated carbocycles. The van der Waals surface area contributed by atoms with Crippen molar-refractivity contribution in [2.45, 2.75) is 95.7 Å². The molecule has 3 aliphatic rings. The lowest BCUT2D eigenvalue weighted by Crippen LogP contribution is -2.36. The summed E-state index contributed by atoms with van der Waals surface area (Å²) in [4.78, 5) is 50.7. The molecule has 1 unspecified atom stereocenters. The molecule has 0 spiro atoms. The van der Waals surface area contributed by atoms with Gasteiger partial charge in [0.2, 0.25) is 11.3 Å². The fourth-order valence-corrected chi connectivity index (χ4v) is 5.49. The molecule has 0 bridgehead atoms. The van der Waals surface area contributed by atoms with E-state index in [0.29, 0.717) is 24.0 Å². The molecule has 1 aromatic carbocycles. The normalized spacial score (nSPS) is 19.5. The molecule has 8 nitrogen and oxygen atoms in total. The van der Waals surface area contributed by atoms with Gasteiger partial charge in [0, 0.05) is 12.1 Å². The van der Waals surface area contributed by atoms with Gasteiger partial charge in [-0.15, -0.1) is 0 Å². The molecule has 0 radical (unpaired) electrons. The monoisotopic (exact) mass is 512 g/mol. The number of esters is 2. The predicted molar refractivity (Wildman–Crippen MR) is 135 cm³/mol. The van der Waals surface area contributed by atoms with Crippen LogP contribution in [-0.2, 0) is 19.1 Å². The van der Waals surface area contributed by atoms with E-state index in [2.05, 4.69) is 5.32 Å². The summed E-state index contributed by atoms with van der Waals surface area (Å²) in [7, 11) is 0. The highest BCUT2D eigenvalue weighted by Crippen LogP contribution is 2.35. The summed E-state index contributed by atoms with van der Waals surface area (Å²) < 4.78 is 27.6. The van der Waals surface area contributed by atoms with Gasteiger partial charge in [-0.05, 0) is 57.6 Å². The minimum Gasteiger partial charge on any atom is -0.461 e. The van der Waals surface area contributed by atoms with Gasteiger partial charge in [-0.3, -0.25) is 19.2 Å². The number of anilines is 1. The maximum Gasteiger partial charge on any atom is 0.333 e. The third kappa shape index (κ3) is 5.55. The van der Waals surface area contributed by atoms with Crippen LogP contribution in [0.5, 0.6) is 5.75 Å². The maximum atomic E-state index is 15.2. The number of rotatable bonds is 8. The third-order valence-corrected chi connectivity index (χ3v) is 7.67. The second-order valence-electron chi connectivity index (χ2n) is 10.6. The Morgan fingerprint density at radius 2 is 1.65 bits per heavy atom. The molecule has 0 saturated heterocycles. The van der Waals surface area contributed by atoms with E-state index in [1.54, 1.807) is 6.07 Å². The molecule has 37 heavy (non-hydrogen) atoms. The molecule has 5 rings (SSSR count). The highest BCUT2D eigenvalue weighted by atomic mass is 19.1. The van der Waals surface area contributed by atoms with Crippen LogP contribution in [0.1, 0.15) is 83.6 Å². The number of nitrogens with one attached hydrogen (secondary N) is 1. The average molecular weight is 513 g/mol. The molecule has 1 aromatic heterocycles. The molecule has 3 aliphatic carbocycles. The minimum atomic E-state index is -1.77. The number of fused-ring (bicyclic) bond motifs is 1. The summed E-state index contributed by atoms with van der Waals surface area (Å²) in [6.07, 6.45) is 11.7. The summed E-state index contributed by atoms with van der Waals surface area (Å²) in [5.41, 5.74) is 0.251. The van der Waals surface area contributed by atoms with Crippen LogP contribution in [0.3, 0.4) is 0 Å². The molecule has 1 heterocycles. The van der Waals surface area contributed by atoms with E-state index in [4.69, 9.17) is 9.47 Å². The van der Waals surface area contributed by atoms with Crippen LogP contribution >= 0.6 is 0 Å². The van der Waals surface area contributed by atoms with Gasteiger partial charge in [0.15, 0.2) is 11.5 Å². The van der Waals surface area contributed by atoms with Crippen LogP contribution in [0.15, 0.2) is 23.1 Å². The zero-order valence-electron chi connectivity index (χ0n) is 21.1. The van der Waals surface area contributed by atoms with Gasteiger partial charge < -0.3 is 19.4 Å². The van der Waals surface area contributed by atoms with Crippen LogP contribution in [0.2, 0.25) is 0 Å². The Kier molecular flexibility index (Phi) is 7.31. The number of carbonyl (C=O) groups is 3. The molecule has 9 heteroatoms. The molecule has 0 amide bonds. The molecule has 0 aliphatic heterocycles. The number of hydrogen-bond donors (Lipinski definition) is 1. The van der Waals surface area contributed by atoms with Crippen molar-refractivity contribution in [3.05, 3.63) is 34.4 Å². The first-order valence-corrected chi connectivity index (χ1v) is 13.4. The van der Waals surface area contributed by atoms with Crippen molar-refractivity contribution < 1.29 is 28.2 Å². The molecular formula is C28H33FN2O6. The molecule has 198 valence electrons. The number of halogens is 1. The standard InChI is InChI=1S/C28H33FN2O6/c1-16(32)25(27(34)36-19-11-12-19)28(35)37-24-15-31(18-9-5-6-10-18)23-14-22(21(29)13-20(23)26(24)33)30-17-7-3-2-4-8-17/h13-15,17-19,25,30H,2-12H2,1H3. The van der Waals surface area contributed by atoms with Gasteiger partial charge in [-0.2, -0.15) is 0 Å². The summed E-state index contributed by atoms with van der Waals surface area (Å²) in [6, 6.07) is 3.11. The Hall–Kier alpha value is -3.23. The highest BCUT2D eigenvalue weighted by Gasteiger charge is 2.39. The minimum absolute atomic E-state index is 0.0528. The SMILES string of the molecule is CC(=O)C(C(=O)Oc1cn(C2CCCC2)c2cc(NC3CCCCC3)c(F)cc2c1=O)C(=O)OC1CC1. The highest BCUT2D eigenvalue weighted by molar-refractivity contribution is 6.14. The Labute approximate surface area is 214 Å². The quantitative estimate of drug-likeness (QED) is 0.400. The Balaban J connectivity index is 1.50. The van der Waals surface area contributed by atoms with Crippen molar-refractivity contribution in [1.82, 2.24) is 4.57 Å². The summed E-state index contributed by atoms with van der Waals surface area (Å²) in [5.74, 6) is -5.51. The number of ether oxygens (including phenoxy) is 2. The molecular weight excluding hydrogens is 479 g/mol. The first kappa shape index (κ1) is 25.4. The Bertz CT molecular complexity index is 1270. The fourth-order valence-electron chi connectivity index (χ4n) is 5.49. The number of hydrogen-bond acceptors (Lipinski definition) is 7. The van der Waals surface area contributed by atoms with E-state index in [-0.39, 0.29) is 29.3 Å². The number of Topliss-reactive ketones (excluding diaryl/α,β-unsaturated/α-hetero) is 1. The van der Waals surface area contributed by atoms with Crippen molar-refractivity contribution in [2.75, 3.05) is 5.32 Å². The summed E-state index contributed by atoms with van der Waals surface area (Å²) in [5, 5.41) is 3.41. The van der Waals surface area contributed by atoms with Crippen LogP contribution in [-0.4, -0.2) is 34.4 Å². The van der Waals surface area contributed by atoms with E-state index in [1.807, 2.05) is 4.57 Å². The fraction of sp³-hybridized carbons (Fsp3) is 0.571. The van der Waals surface area contributed by atoms with E-state index in [9.17, 15) is 19.2 Å². The summed E-state index contributed by atoms with van der Waals surface area (Å²) >= 11 is 0. The van der Waals surface area contributed by atoms with Gasteiger partial charge >= 0.3 is 11.9 Å². The smallest absolute Gasteiger partial charge is 0.333 e. The van der Waals surface area contributed by atoms with Crippen LogP contribution in [0.4, 0.5) is 10.1 Å². The van der Waals surface area contributed by atoms with Crippen molar-refractivity contribution in [3.8, 4) is 5.75 Å². The number of carbonyl (C=O) groups excluding carboxylic acids is 3. The lowest BCUT2D eigenvalue weighted by molar-refractivity contribution is -0.160. The van der Waals surface area contributed by atoms with Crippen molar-refractivity contribution in [1.29, 1.82) is 0 Å². The number of nitrogens with zero attached hydrogens (tertiary/aromatic N) is 1. The van der Waals surface area contributed by atoms with Gasteiger partial charge in [-0.25, -0.2) is 4.39 Å². The van der Waals surface area contributed by atoms with E-state index < -0.39 is 34.9 Å². The van der Waals surface area contributed by atoms with Gasteiger partial charge in [0.25, 0.3) is 0 Å². The largest absolute Gasteiger partial charge is 0.461 e. The lowest BCUT2D eigenvalue weighted by atomic mass is 9.95. The zero-order valence-corrected chi connectivity index (χ0v) is 21.1. The van der Waals surface area contributed by atoms with Crippen molar-refractivity contribution in [3.63, 3.8) is 0 Å². The number of aromatic nitrogens is 1. The van der Waals surface area contributed by atoms with Gasteiger partial charge in [0.1, 0.15) is 11.9 Å². The number of benzene rings is 1. The van der Waals surface area contributed by atoms with Crippen LogP contribution in [0.25, 0.3) is 10.9 Å². The van der Waals surface area contributed by atoms with Gasteiger partial charge in [0.05, 0.1) is 22.8 Å². The predicted octanol–water partition coefficient (Wildman–Crippen LogP) is 4.82. The maximum absolute atomic E-state index is 15.2. The van der Waals surface area contributed by atoms with E-state index in [1.165, 1.54) is 18.7 Å². The van der Waals surface area contributed by atoms with Crippen molar-refractivity contribution in [2.24, 2.45) is 5.92 Å². The first-order chi connectivity index (χ1) is 17.8. The average Bonchev–Trinajstić information content (AvgIpc) is 3.50. The van der Waals surface area contributed by atoms with E-state index in [0.717, 1.165) is 58.3 Å². The number of ketones is 1. The number of pyridine rings is 1. The van der Waals surface area contributed by atoms with Crippen LogP contribution < -0.4 is 15.5 Å². The first-order valence-electron chi connectivity index (χ1n) is 13.4. The van der Waals surface area contributed by atoms with Gasteiger partial charge in [-0.1, -0.05) is 32.1 Å². The Morgan fingerprint density at radius 1 is 0.973 bits per heavy atom. The zero-order chi connectivity index (χ0) is 26.1. The molecule has 2 aromatic rings. The molecule has 3 fully saturated rings. The molecule has 1 N–H and O–H groups in total.